The van der Waals surface area contributed by atoms with Gasteiger partial charge in [-0.3, -0.25) is 9.89 Å². The highest BCUT2D eigenvalue weighted by molar-refractivity contribution is 5.70. The highest BCUT2D eigenvalue weighted by Crippen LogP contribution is 2.27. The molecule has 0 amide bonds. The molecule has 2 rings (SSSR count). The Morgan fingerprint density at radius 1 is 1.56 bits per heavy atom. The van der Waals surface area contributed by atoms with Crippen LogP contribution in [0.2, 0.25) is 0 Å². The molecule has 0 bridgehead atoms. The first-order valence-electron chi connectivity index (χ1n) is 5.53. The number of nitrogens with one attached hydrogen (secondary N) is 1. The second kappa shape index (κ2) is 4.65. The van der Waals surface area contributed by atoms with E-state index in [0.29, 0.717) is 5.69 Å². The fraction of sp³-hybridized carbons (Fsp3) is 0.636. The van der Waals surface area contributed by atoms with Gasteiger partial charge in [-0.15, -0.1) is 0 Å². The van der Waals surface area contributed by atoms with Crippen molar-refractivity contribution in [2.75, 3.05) is 7.11 Å². The number of aryl methyl sites for hydroxylation is 1. The van der Waals surface area contributed by atoms with Crippen LogP contribution in [0, 0.1) is 0 Å². The molecule has 1 atom stereocenters. The van der Waals surface area contributed by atoms with Crippen LogP contribution in [0.5, 0.6) is 0 Å². The highest BCUT2D eigenvalue weighted by Gasteiger charge is 2.23. The molecular weight excluding hydrogens is 208 g/mol. The van der Waals surface area contributed by atoms with Crippen molar-refractivity contribution in [1.82, 2.24) is 10.2 Å². The lowest BCUT2D eigenvalue weighted by Gasteiger charge is -2.13. The average molecular weight is 224 g/mol. The van der Waals surface area contributed by atoms with E-state index in [1.165, 1.54) is 7.11 Å². The van der Waals surface area contributed by atoms with Gasteiger partial charge in [-0.05, 0) is 31.2 Å². The maximum Gasteiger partial charge on any atom is 0.308 e. The van der Waals surface area contributed by atoms with Crippen molar-refractivity contribution >= 4 is 5.97 Å². The Kier molecular flexibility index (Phi) is 3.24. The topological polar surface area (TPSA) is 75.2 Å². The third-order valence-corrected chi connectivity index (χ3v) is 2.99. The van der Waals surface area contributed by atoms with Crippen LogP contribution in [0.15, 0.2) is 0 Å². The number of methoxy groups -OCH3 is 1. The number of rotatable bonds is 3. The Balaban J connectivity index is 2.14. The molecule has 5 nitrogen and oxygen atoms in total. The number of carbonyl (C=O) groups excluding carboxylic acids is 1. The molecule has 1 aliphatic carbocycles. The number of nitrogens with zero attached hydrogens (tertiary/aromatic N) is 1. The molecule has 0 aliphatic heterocycles. The summed E-state index contributed by atoms with van der Waals surface area (Å²) in [6.07, 6.45) is 3.29. The number of fused-ring (bicyclic) bond motifs is 1. The van der Waals surface area contributed by atoms with E-state index in [2.05, 4.69) is 14.9 Å². The summed E-state index contributed by atoms with van der Waals surface area (Å²) in [5.74, 6) is -0.417. The van der Waals surface area contributed by atoms with Crippen LogP contribution < -0.4 is 0 Å². The number of ether oxygens (including phenoxy) is 1. The summed E-state index contributed by atoms with van der Waals surface area (Å²) in [5.41, 5.74) is 2.80. The minimum atomic E-state index is -0.856. The molecule has 0 spiro atoms. The minimum absolute atomic E-state index is 0.0339. The van der Waals surface area contributed by atoms with Gasteiger partial charge < -0.3 is 9.84 Å². The molecule has 1 aliphatic rings. The normalized spacial score (nSPS) is 16.6. The van der Waals surface area contributed by atoms with Crippen molar-refractivity contribution < 1.29 is 14.6 Å². The third-order valence-electron chi connectivity index (χ3n) is 2.99. The van der Waals surface area contributed by atoms with E-state index >= 15 is 0 Å². The highest BCUT2D eigenvalue weighted by atomic mass is 16.5. The van der Waals surface area contributed by atoms with E-state index in [1.807, 2.05) is 0 Å². The number of aromatic nitrogens is 2. The van der Waals surface area contributed by atoms with Crippen molar-refractivity contribution in [2.45, 2.75) is 38.2 Å². The first-order chi connectivity index (χ1) is 7.72. The number of esters is 1. The predicted molar refractivity (Wildman–Crippen MR) is 56.8 cm³/mol. The number of aliphatic hydroxyl groups is 1. The van der Waals surface area contributed by atoms with Crippen molar-refractivity contribution in [3.63, 3.8) is 0 Å². The van der Waals surface area contributed by atoms with Gasteiger partial charge in [0.25, 0.3) is 0 Å². The molecule has 0 aromatic carbocycles. The molecule has 5 heteroatoms. The zero-order valence-corrected chi connectivity index (χ0v) is 9.32. The Hall–Kier alpha value is -1.36. The molecule has 88 valence electrons. The molecule has 0 saturated carbocycles. The number of carbonyl (C=O) groups is 1. The average Bonchev–Trinajstić information content (AvgIpc) is 2.72. The first-order valence-corrected chi connectivity index (χ1v) is 5.53. The van der Waals surface area contributed by atoms with Gasteiger partial charge >= 0.3 is 5.97 Å². The van der Waals surface area contributed by atoms with Crippen LogP contribution >= 0.6 is 0 Å². The summed E-state index contributed by atoms with van der Waals surface area (Å²) in [5, 5.41) is 16.9. The van der Waals surface area contributed by atoms with Crippen LogP contribution in [0.1, 0.15) is 42.3 Å². The smallest absolute Gasteiger partial charge is 0.308 e. The van der Waals surface area contributed by atoms with Crippen LogP contribution in [-0.2, 0) is 22.4 Å². The van der Waals surface area contributed by atoms with Gasteiger partial charge in [-0.25, -0.2) is 0 Å². The van der Waals surface area contributed by atoms with E-state index < -0.39 is 12.1 Å². The number of aliphatic hydroxyl groups excluding tert-OH is 1. The molecule has 1 aromatic rings. The molecular formula is C11H16N2O3. The number of aromatic amines is 1. The zero-order chi connectivity index (χ0) is 11.5. The summed E-state index contributed by atoms with van der Waals surface area (Å²) in [6, 6.07) is 0. The second-order valence-electron chi connectivity index (χ2n) is 4.07. The summed E-state index contributed by atoms with van der Waals surface area (Å²) in [4.78, 5) is 11.1. The van der Waals surface area contributed by atoms with Crippen molar-refractivity contribution in [2.24, 2.45) is 0 Å². The molecule has 0 radical (unpaired) electrons. The van der Waals surface area contributed by atoms with E-state index in [0.717, 1.165) is 36.9 Å². The lowest BCUT2D eigenvalue weighted by atomic mass is 9.94. The van der Waals surface area contributed by atoms with Crippen molar-refractivity contribution in [3.05, 3.63) is 17.0 Å². The van der Waals surface area contributed by atoms with Crippen molar-refractivity contribution in [3.8, 4) is 0 Å². The molecule has 2 N–H and O–H groups in total. The minimum Gasteiger partial charge on any atom is -0.469 e. The molecule has 1 heterocycles. The van der Waals surface area contributed by atoms with Gasteiger partial charge in [0, 0.05) is 5.69 Å². The fourth-order valence-electron chi connectivity index (χ4n) is 2.12. The Morgan fingerprint density at radius 3 is 3.06 bits per heavy atom. The molecule has 0 saturated heterocycles. The monoisotopic (exact) mass is 224 g/mol. The lowest BCUT2D eigenvalue weighted by molar-refractivity contribution is -0.142. The summed E-state index contributed by atoms with van der Waals surface area (Å²) < 4.78 is 4.53. The molecule has 16 heavy (non-hydrogen) atoms. The number of hydrogen-bond acceptors (Lipinski definition) is 4. The maximum atomic E-state index is 11.1. The predicted octanol–water partition coefficient (Wildman–Crippen LogP) is 0.885. The van der Waals surface area contributed by atoms with Gasteiger partial charge in [-0.2, -0.15) is 5.10 Å². The van der Waals surface area contributed by atoms with Gasteiger partial charge in [0.1, 0.15) is 6.10 Å². The van der Waals surface area contributed by atoms with Crippen LogP contribution in [0.4, 0.5) is 0 Å². The quantitative estimate of drug-likeness (QED) is 0.747. The second-order valence-corrected chi connectivity index (χ2v) is 4.07. The van der Waals surface area contributed by atoms with Crippen molar-refractivity contribution in [1.29, 1.82) is 0 Å². The largest absolute Gasteiger partial charge is 0.469 e. The lowest BCUT2D eigenvalue weighted by Crippen LogP contribution is -2.11. The molecule has 0 unspecified atom stereocenters. The van der Waals surface area contributed by atoms with E-state index in [4.69, 9.17) is 0 Å². The van der Waals surface area contributed by atoms with E-state index in [9.17, 15) is 9.90 Å². The van der Waals surface area contributed by atoms with Gasteiger partial charge in [0.15, 0.2) is 0 Å². The fourth-order valence-corrected chi connectivity index (χ4v) is 2.12. The van der Waals surface area contributed by atoms with Crippen LogP contribution in [0.25, 0.3) is 0 Å². The molecule has 0 fully saturated rings. The summed E-state index contributed by atoms with van der Waals surface area (Å²) in [7, 11) is 1.31. The van der Waals surface area contributed by atoms with E-state index in [1.54, 1.807) is 0 Å². The van der Waals surface area contributed by atoms with Crippen LogP contribution in [0.3, 0.4) is 0 Å². The van der Waals surface area contributed by atoms with Gasteiger partial charge in [0.2, 0.25) is 0 Å². The van der Waals surface area contributed by atoms with Crippen LogP contribution in [-0.4, -0.2) is 28.4 Å². The SMILES string of the molecule is COC(=O)C[C@@H](O)c1n[nH]c2c1CCCC2. The Bertz CT molecular complexity index is 387. The van der Waals surface area contributed by atoms with Gasteiger partial charge in [-0.1, -0.05) is 0 Å². The Labute approximate surface area is 93.8 Å². The third kappa shape index (κ3) is 2.09. The first kappa shape index (κ1) is 11.1. The zero-order valence-electron chi connectivity index (χ0n) is 9.32. The van der Waals surface area contributed by atoms with Gasteiger partial charge in [0.05, 0.1) is 19.2 Å². The summed E-state index contributed by atoms with van der Waals surface area (Å²) in [6.45, 7) is 0. The number of H-pyrrole nitrogens is 1. The molecule has 1 aromatic heterocycles. The summed E-state index contributed by atoms with van der Waals surface area (Å²) >= 11 is 0. The standard InChI is InChI=1S/C11H16N2O3/c1-16-10(15)6-9(14)11-7-4-2-3-5-8(7)12-13-11/h9,14H,2-6H2,1H3,(H,12,13)/t9-/m1/s1. The van der Waals surface area contributed by atoms with E-state index in [-0.39, 0.29) is 6.42 Å². The Morgan fingerprint density at radius 2 is 2.31 bits per heavy atom. The maximum absolute atomic E-state index is 11.1. The number of hydrogen-bond donors (Lipinski definition) is 2.